The van der Waals surface area contributed by atoms with E-state index in [2.05, 4.69) is 0 Å². The summed E-state index contributed by atoms with van der Waals surface area (Å²) in [4.78, 5) is 30.0. The van der Waals surface area contributed by atoms with Gasteiger partial charge in [0.25, 0.3) is 11.7 Å². The van der Waals surface area contributed by atoms with Crippen molar-refractivity contribution in [3.63, 3.8) is 0 Å². The molecule has 1 aliphatic heterocycles. The van der Waals surface area contributed by atoms with Crippen LogP contribution in [0.3, 0.4) is 0 Å². The zero-order valence-electron chi connectivity index (χ0n) is 21.3. The predicted molar refractivity (Wildman–Crippen MR) is 134 cm³/mol. The Morgan fingerprint density at radius 3 is 2.09 bits per heavy atom. The van der Waals surface area contributed by atoms with Crippen LogP contribution in [0.25, 0.3) is 5.76 Å². The van der Waals surface area contributed by atoms with E-state index < -0.39 is 17.7 Å². The largest absolute Gasteiger partial charge is 0.507 e. The Hall–Kier alpha value is -3.52. The lowest BCUT2D eigenvalue weighted by Crippen LogP contribution is -2.32. The number of hydrogen-bond acceptors (Lipinski definition) is 7. The topological polar surface area (TPSA) is 88.5 Å². The predicted octanol–water partition coefficient (Wildman–Crippen LogP) is 3.65. The number of amides is 1. The number of carbonyl (C=O) groups is 2. The molecule has 3 rings (SSSR count). The zero-order valence-corrected chi connectivity index (χ0v) is 21.3. The number of aliphatic hydroxyl groups excluding tert-OH is 1. The standard InChI is InChI=1S/C27H34N2O6/c1-7-17-9-11-18(12-10-17)24(30)22-23(29(27(32)25(22)31)14-8-13-28(2)3)19-15-20(33-4)26(35-6)21(16-19)34-5/h9-12,15-16,23,30H,7-8,13-14H2,1-6H3/b24-22+. The van der Waals surface area contributed by atoms with Gasteiger partial charge in [0.2, 0.25) is 5.75 Å². The molecular formula is C27H34N2O6. The highest BCUT2D eigenvalue weighted by molar-refractivity contribution is 6.46. The van der Waals surface area contributed by atoms with Gasteiger partial charge in [-0.15, -0.1) is 0 Å². The van der Waals surface area contributed by atoms with Crippen LogP contribution in [0.1, 0.15) is 36.1 Å². The first-order valence-corrected chi connectivity index (χ1v) is 11.6. The molecule has 0 aliphatic carbocycles. The first-order valence-electron chi connectivity index (χ1n) is 11.6. The zero-order chi connectivity index (χ0) is 25.7. The fraction of sp³-hybridized carbons (Fsp3) is 0.407. The normalized spacial score (nSPS) is 17.2. The molecule has 1 unspecified atom stereocenters. The van der Waals surface area contributed by atoms with Crippen LogP contribution in [0.5, 0.6) is 17.2 Å². The Morgan fingerprint density at radius 1 is 1.00 bits per heavy atom. The second kappa shape index (κ2) is 11.3. The van der Waals surface area contributed by atoms with Gasteiger partial charge in [0.1, 0.15) is 5.76 Å². The van der Waals surface area contributed by atoms with Crippen molar-refractivity contribution in [2.45, 2.75) is 25.8 Å². The second-order valence-electron chi connectivity index (χ2n) is 8.66. The van der Waals surface area contributed by atoms with Crippen LogP contribution in [-0.4, -0.2) is 75.1 Å². The summed E-state index contributed by atoms with van der Waals surface area (Å²) < 4.78 is 16.5. The van der Waals surface area contributed by atoms with Gasteiger partial charge in [0, 0.05) is 12.1 Å². The molecule has 0 bridgehead atoms. The molecular weight excluding hydrogens is 448 g/mol. The minimum absolute atomic E-state index is 0.0402. The number of Topliss-reactive ketones (excluding diaryl/α,β-unsaturated/α-hetero) is 1. The van der Waals surface area contributed by atoms with Gasteiger partial charge >= 0.3 is 0 Å². The maximum atomic E-state index is 13.3. The van der Waals surface area contributed by atoms with Crippen LogP contribution in [0.2, 0.25) is 0 Å². The van der Waals surface area contributed by atoms with Crippen LogP contribution in [0.4, 0.5) is 0 Å². The van der Waals surface area contributed by atoms with Gasteiger partial charge in [-0.25, -0.2) is 0 Å². The number of rotatable bonds is 10. The number of hydrogen-bond donors (Lipinski definition) is 1. The summed E-state index contributed by atoms with van der Waals surface area (Å²) >= 11 is 0. The fourth-order valence-electron chi connectivity index (χ4n) is 4.33. The number of benzene rings is 2. The summed E-state index contributed by atoms with van der Waals surface area (Å²) in [6.45, 7) is 3.12. The highest BCUT2D eigenvalue weighted by Gasteiger charge is 2.46. The highest BCUT2D eigenvalue weighted by Crippen LogP contribution is 2.45. The van der Waals surface area contributed by atoms with Crippen LogP contribution in [0, 0.1) is 0 Å². The molecule has 2 aromatic rings. The van der Waals surface area contributed by atoms with E-state index >= 15 is 0 Å². The van der Waals surface area contributed by atoms with Gasteiger partial charge in [-0.2, -0.15) is 0 Å². The van der Waals surface area contributed by atoms with Gasteiger partial charge in [-0.3, -0.25) is 9.59 Å². The van der Waals surface area contributed by atoms with Crippen LogP contribution >= 0.6 is 0 Å². The third-order valence-electron chi connectivity index (χ3n) is 6.18. The Morgan fingerprint density at radius 2 is 1.60 bits per heavy atom. The summed E-state index contributed by atoms with van der Waals surface area (Å²) in [5.74, 6) is -0.376. The van der Waals surface area contributed by atoms with E-state index in [1.165, 1.54) is 26.2 Å². The Kier molecular flexibility index (Phi) is 8.40. The summed E-state index contributed by atoms with van der Waals surface area (Å²) in [7, 11) is 8.41. The molecule has 188 valence electrons. The van der Waals surface area contributed by atoms with E-state index in [1.54, 1.807) is 24.3 Å². The first kappa shape index (κ1) is 26.1. The summed E-state index contributed by atoms with van der Waals surface area (Å²) in [5.41, 5.74) is 2.20. The number of nitrogens with zero attached hydrogens (tertiary/aromatic N) is 2. The van der Waals surface area contributed by atoms with Crippen molar-refractivity contribution in [2.24, 2.45) is 0 Å². The Balaban J connectivity index is 2.20. The molecule has 2 aromatic carbocycles. The number of ketones is 1. The highest BCUT2D eigenvalue weighted by atomic mass is 16.5. The molecule has 8 heteroatoms. The van der Waals surface area contributed by atoms with Crippen molar-refractivity contribution in [1.29, 1.82) is 0 Å². The molecule has 1 atom stereocenters. The third kappa shape index (κ3) is 5.27. The van der Waals surface area contributed by atoms with E-state index in [4.69, 9.17) is 14.2 Å². The SMILES string of the molecule is CCc1ccc(/C(O)=C2\C(=O)C(=O)N(CCCN(C)C)C2c2cc(OC)c(OC)c(OC)c2)cc1. The number of carbonyl (C=O) groups excluding carboxylic acids is 2. The molecule has 1 aliphatic rings. The molecule has 35 heavy (non-hydrogen) atoms. The van der Waals surface area contributed by atoms with Gasteiger partial charge in [-0.1, -0.05) is 31.2 Å². The van der Waals surface area contributed by atoms with Crippen molar-refractivity contribution in [3.8, 4) is 17.2 Å². The Bertz CT molecular complexity index is 1080. The Labute approximate surface area is 206 Å². The van der Waals surface area contributed by atoms with Crippen molar-refractivity contribution in [2.75, 3.05) is 48.5 Å². The lowest BCUT2D eigenvalue weighted by Gasteiger charge is -2.27. The van der Waals surface area contributed by atoms with E-state index in [0.717, 1.165) is 18.5 Å². The lowest BCUT2D eigenvalue weighted by molar-refractivity contribution is -0.139. The van der Waals surface area contributed by atoms with Crippen molar-refractivity contribution < 1.29 is 28.9 Å². The average Bonchev–Trinajstić information content (AvgIpc) is 3.12. The number of likely N-dealkylation sites (tertiary alicyclic amines) is 1. The molecule has 0 saturated carbocycles. The molecule has 0 aromatic heterocycles. The average molecular weight is 483 g/mol. The summed E-state index contributed by atoms with van der Waals surface area (Å²) in [5, 5.41) is 11.3. The van der Waals surface area contributed by atoms with E-state index in [-0.39, 0.29) is 11.3 Å². The lowest BCUT2D eigenvalue weighted by atomic mass is 9.94. The van der Waals surface area contributed by atoms with E-state index in [0.29, 0.717) is 41.3 Å². The molecule has 0 spiro atoms. The fourth-order valence-corrected chi connectivity index (χ4v) is 4.33. The molecule has 1 fully saturated rings. The maximum Gasteiger partial charge on any atom is 0.295 e. The van der Waals surface area contributed by atoms with Crippen LogP contribution < -0.4 is 14.2 Å². The third-order valence-corrected chi connectivity index (χ3v) is 6.18. The molecule has 1 amide bonds. The minimum atomic E-state index is -0.809. The number of aryl methyl sites for hydroxylation is 1. The quantitative estimate of drug-likeness (QED) is 0.314. The molecule has 1 heterocycles. The van der Waals surface area contributed by atoms with Gasteiger partial charge < -0.3 is 29.1 Å². The number of methoxy groups -OCH3 is 3. The van der Waals surface area contributed by atoms with Gasteiger partial charge in [0.15, 0.2) is 11.5 Å². The molecule has 1 N–H and O–H groups in total. The van der Waals surface area contributed by atoms with Crippen molar-refractivity contribution in [3.05, 3.63) is 58.7 Å². The number of aliphatic hydroxyl groups is 1. The first-order chi connectivity index (χ1) is 16.8. The minimum Gasteiger partial charge on any atom is -0.507 e. The van der Waals surface area contributed by atoms with Gasteiger partial charge in [-0.05, 0) is 56.7 Å². The summed E-state index contributed by atoms with van der Waals surface area (Å²) in [6, 6.07) is 9.94. The monoisotopic (exact) mass is 482 g/mol. The smallest absolute Gasteiger partial charge is 0.295 e. The van der Waals surface area contributed by atoms with Gasteiger partial charge in [0.05, 0.1) is 32.9 Å². The molecule has 1 saturated heterocycles. The van der Waals surface area contributed by atoms with E-state index in [1.807, 2.05) is 38.1 Å². The molecule has 8 nitrogen and oxygen atoms in total. The van der Waals surface area contributed by atoms with Crippen LogP contribution in [0.15, 0.2) is 42.0 Å². The maximum absolute atomic E-state index is 13.3. The van der Waals surface area contributed by atoms with Crippen molar-refractivity contribution >= 4 is 17.4 Å². The second-order valence-corrected chi connectivity index (χ2v) is 8.66. The molecule has 0 radical (unpaired) electrons. The van der Waals surface area contributed by atoms with Crippen molar-refractivity contribution in [1.82, 2.24) is 9.80 Å². The summed E-state index contributed by atoms with van der Waals surface area (Å²) in [6.07, 6.45) is 1.51. The van der Waals surface area contributed by atoms with E-state index in [9.17, 15) is 14.7 Å². The van der Waals surface area contributed by atoms with Crippen LogP contribution in [-0.2, 0) is 16.0 Å². The number of ether oxygens (including phenoxy) is 3.